The van der Waals surface area contributed by atoms with Gasteiger partial charge in [0.25, 0.3) is 11.6 Å². The lowest BCUT2D eigenvalue weighted by Gasteiger charge is -2.27. The van der Waals surface area contributed by atoms with Crippen LogP contribution in [0.1, 0.15) is 35.3 Å². The van der Waals surface area contributed by atoms with Gasteiger partial charge in [0.15, 0.2) is 0 Å². The summed E-state index contributed by atoms with van der Waals surface area (Å²) in [6.45, 7) is 5.88. The Bertz CT molecular complexity index is 716. The quantitative estimate of drug-likeness (QED) is 0.562. The van der Waals surface area contributed by atoms with E-state index in [2.05, 4.69) is 5.32 Å². The Morgan fingerprint density at radius 3 is 2.36 bits per heavy atom. The normalized spacial score (nSPS) is 11.5. The van der Waals surface area contributed by atoms with Crippen LogP contribution in [0.5, 0.6) is 0 Å². The second kappa shape index (κ2) is 8.22. The highest BCUT2D eigenvalue weighted by Gasteiger charge is 2.28. The van der Waals surface area contributed by atoms with Crippen molar-refractivity contribution in [3.8, 4) is 0 Å². The Morgan fingerprint density at radius 1 is 1.28 bits per heavy atom. The van der Waals surface area contributed by atoms with Gasteiger partial charge in [0, 0.05) is 37.2 Å². The summed E-state index contributed by atoms with van der Waals surface area (Å²) in [5.41, 5.74) is 0.775. The molecule has 1 rings (SSSR count). The molecular formula is C16H21N3O6. The van der Waals surface area contributed by atoms with Crippen molar-refractivity contribution >= 4 is 23.5 Å². The van der Waals surface area contributed by atoms with Gasteiger partial charge >= 0.3 is 5.97 Å². The van der Waals surface area contributed by atoms with Crippen LogP contribution in [-0.4, -0.2) is 51.8 Å². The van der Waals surface area contributed by atoms with Crippen molar-refractivity contribution in [3.63, 3.8) is 0 Å². The van der Waals surface area contributed by atoms with E-state index in [0.29, 0.717) is 11.1 Å². The third-order valence-electron chi connectivity index (χ3n) is 3.78. The summed E-state index contributed by atoms with van der Waals surface area (Å²) in [7, 11) is 0. The number of hydrogen-bond acceptors (Lipinski definition) is 5. The van der Waals surface area contributed by atoms with Gasteiger partial charge in [0.05, 0.1) is 4.92 Å². The van der Waals surface area contributed by atoms with Crippen LogP contribution in [0, 0.1) is 24.0 Å². The Balaban J connectivity index is 3.23. The van der Waals surface area contributed by atoms with Crippen molar-refractivity contribution in [3.05, 3.63) is 38.9 Å². The first-order valence-electron chi connectivity index (χ1n) is 7.60. The number of aliphatic carboxylic acids is 1. The second-order valence-electron chi connectivity index (χ2n) is 5.71. The van der Waals surface area contributed by atoms with E-state index in [0.717, 1.165) is 11.0 Å². The lowest BCUT2D eigenvalue weighted by Crippen LogP contribution is -2.47. The van der Waals surface area contributed by atoms with Crippen LogP contribution < -0.4 is 5.32 Å². The maximum absolute atomic E-state index is 12.8. The SMILES string of the molecule is CC(=O)NCCN(C(=O)c1cc([N+](=O)[O-])c(C)cc1C)C(C)C(=O)O. The molecule has 1 atom stereocenters. The molecule has 0 heterocycles. The molecule has 2 N–H and O–H groups in total. The molecule has 0 aliphatic rings. The fourth-order valence-corrected chi connectivity index (χ4v) is 2.38. The van der Waals surface area contributed by atoms with Crippen molar-refractivity contribution in [2.45, 2.75) is 33.7 Å². The summed E-state index contributed by atoms with van der Waals surface area (Å²) in [4.78, 5) is 46.7. The molecule has 2 amide bonds. The number of aryl methyl sites for hydroxylation is 2. The Hall–Kier alpha value is -2.97. The molecule has 1 unspecified atom stereocenters. The number of carbonyl (C=O) groups is 3. The van der Waals surface area contributed by atoms with E-state index in [9.17, 15) is 29.6 Å². The van der Waals surface area contributed by atoms with Gasteiger partial charge in [-0.25, -0.2) is 4.79 Å². The van der Waals surface area contributed by atoms with Crippen LogP contribution >= 0.6 is 0 Å². The lowest BCUT2D eigenvalue weighted by molar-refractivity contribution is -0.385. The van der Waals surface area contributed by atoms with E-state index in [1.807, 2.05) is 0 Å². The molecule has 9 heteroatoms. The molecule has 0 spiro atoms. The maximum Gasteiger partial charge on any atom is 0.326 e. The molecule has 0 radical (unpaired) electrons. The van der Waals surface area contributed by atoms with Crippen molar-refractivity contribution in [1.29, 1.82) is 0 Å². The van der Waals surface area contributed by atoms with E-state index in [1.54, 1.807) is 13.8 Å². The molecule has 0 bridgehead atoms. The van der Waals surface area contributed by atoms with Crippen LogP contribution in [0.4, 0.5) is 5.69 Å². The number of carboxylic acid groups (broad SMARTS) is 1. The number of nitrogens with zero attached hydrogens (tertiary/aromatic N) is 2. The predicted octanol–water partition coefficient (Wildman–Crippen LogP) is 1.26. The average molecular weight is 351 g/mol. The number of rotatable bonds is 7. The van der Waals surface area contributed by atoms with Crippen molar-refractivity contribution in [2.75, 3.05) is 13.1 Å². The number of nitrogens with one attached hydrogen (secondary N) is 1. The van der Waals surface area contributed by atoms with E-state index in [4.69, 9.17) is 0 Å². The van der Waals surface area contributed by atoms with Crippen LogP contribution in [0.25, 0.3) is 0 Å². The lowest BCUT2D eigenvalue weighted by atomic mass is 10.0. The summed E-state index contributed by atoms with van der Waals surface area (Å²) in [5.74, 6) is -2.16. The van der Waals surface area contributed by atoms with E-state index >= 15 is 0 Å². The molecule has 0 aliphatic carbocycles. The summed E-state index contributed by atoms with van der Waals surface area (Å²) < 4.78 is 0. The first-order chi connectivity index (χ1) is 11.6. The first kappa shape index (κ1) is 20.1. The smallest absolute Gasteiger partial charge is 0.326 e. The van der Waals surface area contributed by atoms with Crippen LogP contribution in [0.3, 0.4) is 0 Å². The minimum Gasteiger partial charge on any atom is -0.480 e. The van der Waals surface area contributed by atoms with E-state index < -0.39 is 22.8 Å². The van der Waals surface area contributed by atoms with Gasteiger partial charge in [-0.2, -0.15) is 0 Å². The average Bonchev–Trinajstić information content (AvgIpc) is 2.49. The summed E-state index contributed by atoms with van der Waals surface area (Å²) >= 11 is 0. The summed E-state index contributed by atoms with van der Waals surface area (Å²) in [5, 5.41) is 22.8. The largest absolute Gasteiger partial charge is 0.480 e. The zero-order chi connectivity index (χ0) is 19.3. The molecule has 1 aromatic rings. The monoisotopic (exact) mass is 351 g/mol. The first-order valence-corrected chi connectivity index (χ1v) is 7.60. The third kappa shape index (κ3) is 5.00. The van der Waals surface area contributed by atoms with Gasteiger partial charge in [-0.3, -0.25) is 19.7 Å². The standard InChI is InChI=1S/C16H21N3O6/c1-9-7-10(2)14(19(24)25)8-13(9)15(21)18(11(3)16(22)23)6-5-17-12(4)20/h7-8,11H,5-6H2,1-4H3,(H,17,20)(H,22,23). The maximum atomic E-state index is 12.8. The van der Waals surface area contributed by atoms with Gasteiger partial charge in [-0.15, -0.1) is 0 Å². The highest BCUT2D eigenvalue weighted by atomic mass is 16.6. The van der Waals surface area contributed by atoms with Gasteiger partial charge in [-0.05, 0) is 32.4 Å². The molecule has 1 aromatic carbocycles. The fraction of sp³-hybridized carbons (Fsp3) is 0.438. The molecule has 0 fully saturated rings. The zero-order valence-electron chi connectivity index (χ0n) is 14.5. The number of nitro benzene ring substituents is 1. The number of amides is 2. The third-order valence-corrected chi connectivity index (χ3v) is 3.78. The number of carbonyl (C=O) groups excluding carboxylic acids is 2. The van der Waals surface area contributed by atoms with Gasteiger partial charge in [0.1, 0.15) is 6.04 Å². The molecule has 25 heavy (non-hydrogen) atoms. The molecule has 9 nitrogen and oxygen atoms in total. The minimum atomic E-state index is -1.21. The Labute approximate surface area is 144 Å². The predicted molar refractivity (Wildman–Crippen MR) is 89.4 cm³/mol. The molecule has 0 saturated carbocycles. The molecule has 136 valence electrons. The molecular weight excluding hydrogens is 330 g/mol. The zero-order valence-corrected chi connectivity index (χ0v) is 14.5. The van der Waals surface area contributed by atoms with Crippen LogP contribution in [-0.2, 0) is 9.59 Å². The minimum absolute atomic E-state index is 0.0347. The van der Waals surface area contributed by atoms with Crippen LogP contribution in [0.15, 0.2) is 12.1 Å². The number of hydrogen-bond donors (Lipinski definition) is 2. The number of carboxylic acids is 1. The number of benzene rings is 1. The topological polar surface area (TPSA) is 130 Å². The Kier molecular flexibility index (Phi) is 6.60. The van der Waals surface area contributed by atoms with E-state index in [-0.39, 0.29) is 30.2 Å². The highest BCUT2D eigenvalue weighted by Crippen LogP contribution is 2.24. The molecule has 0 aliphatic heterocycles. The molecule has 0 saturated heterocycles. The Morgan fingerprint density at radius 2 is 1.88 bits per heavy atom. The van der Waals surface area contributed by atoms with Crippen molar-refractivity contribution < 1.29 is 24.4 Å². The summed E-state index contributed by atoms with van der Waals surface area (Å²) in [6.07, 6.45) is 0. The molecule has 0 aromatic heterocycles. The van der Waals surface area contributed by atoms with Gasteiger partial charge < -0.3 is 15.3 Å². The van der Waals surface area contributed by atoms with E-state index in [1.165, 1.54) is 19.9 Å². The summed E-state index contributed by atoms with van der Waals surface area (Å²) in [6, 6.07) is 1.52. The van der Waals surface area contributed by atoms with Crippen molar-refractivity contribution in [1.82, 2.24) is 10.2 Å². The highest BCUT2D eigenvalue weighted by molar-refractivity contribution is 5.98. The van der Waals surface area contributed by atoms with Gasteiger partial charge in [0.2, 0.25) is 5.91 Å². The second-order valence-corrected chi connectivity index (χ2v) is 5.71. The fourth-order valence-electron chi connectivity index (χ4n) is 2.38. The number of nitro groups is 1. The van der Waals surface area contributed by atoms with Crippen molar-refractivity contribution in [2.24, 2.45) is 0 Å². The van der Waals surface area contributed by atoms with Crippen LogP contribution in [0.2, 0.25) is 0 Å². The van der Waals surface area contributed by atoms with Gasteiger partial charge in [-0.1, -0.05) is 0 Å².